The highest BCUT2D eigenvalue weighted by molar-refractivity contribution is 5.96. The van der Waals surface area contributed by atoms with E-state index in [1.165, 1.54) is 6.26 Å². The molecule has 1 saturated carbocycles. The average molecular weight is 473 g/mol. The Bertz CT molecular complexity index is 878. The van der Waals surface area contributed by atoms with Crippen LogP contribution in [0, 0.1) is 11.8 Å². The highest BCUT2D eigenvalue weighted by atomic mass is 16.5. The number of rotatable bonds is 8. The zero-order valence-electron chi connectivity index (χ0n) is 20.2. The Balaban J connectivity index is 1.38. The maximum atomic E-state index is 13.2. The number of aliphatic hydroxyl groups excluding tert-OH is 1. The Morgan fingerprint density at radius 3 is 2.47 bits per heavy atom. The summed E-state index contributed by atoms with van der Waals surface area (Å²) in [6.07, 6.45) is 2.49. The number of hydrogen-bond donors (Lipinski definition) is 1. The molecule has 4 atom stereocenters. The van der Waals surface area contributed by atoms with Gasteiger partial charge in [0.25, 0.3) is 0 Å². The van der Waals surface area contributed by atoms with Crippen LogP contribution in [0.3, 0.4) is 0 Å². The van der Waals surface area contributed by atoms with Gasteiger partial charge in [-0.3, -0.25) is 4.79 Å². The van der Waals surface area contributed by atoms with Crippen LogP contribution in [0.1, 0.15) is 43.5 Å². The summed E-state index contributed by atoms with van der Waals surface area (Å²) >= 11 is 0. The molecule has 3 aliphatic rings. The lowest BCUT2D eigenvalue weighted by molar-refractivity contribution is -0.140. The van der Waals surface area contributed by atoms with Gasteiger partial charge in [0.2, 0.25) is 11.5 Å². The van der Waals surface area contributed by atoms with Gasteiger partial charge in [0.05, 0.1) is 24.2 Å². The first-order chi connectivity index (χ1) is 16.5. The predicted molar refractivity (Wildman–Crippen MR) is 126 cm³/mol. The zero-order chi connectivity index (χ0) is 24.1. The Kier molecular flexibility index (Phi) is 8.24. The topological polar surface area (TPSA) is 88.5 Å². The number of aliphatic hydroxyl groups is 1. The van der Waals surface area contributed by atoms with Crippen molar-refractivity contribution in [3.05, 3.63) is 41.9 Å². The van der Waals surface area contributed by atoms with Crippen molar-refractivity contribution in [2.45, 2.75) is 45.3 Å². The van der Waals surface area contributed by atoms with E-state index in [4.69, 9.17) is 14.2 Å². The van der Waals surface area contributed by atoms with Gasteiger partial charge in [-0.2, -0.15) is 0 Å². The van der Waals surface area contributed by atoms with Crippen LogP contribution in [0.5, 0.6) is 5.75 Å². The molecular formula is C26H36N2O6. The smallest absolute Gasteiger partial charge is 0.338 e. The summed E-state index contributed by atoms with van der Waals surface area (Å²) in [4.78, 5) is 30.0. The minimum atomic E-state index is -0.478. The van der Waals surface area contributed by atoms with Gasteiger partial charge in [-0.25, -0.2) is 4.79 Å². The van der Waals surface area contributed by atoms with Crippen LogP contribution < -0.4 is 4.74 Å². The Labute approximate surface area is 201 Å². The number of likely N-dealkylation sites (N-methyl/N-ethyl adjacent to an activating group) is 1. The number of ketones is 1. The van der Waals surface area contributed by atoms with E-state index in [0.717, 1.165) is 45.7 Å². The molecule has 8 heteroatoms. The van der Waals surface area contributed by atoms with Crippen molar-refractivity contribution < 1.29 is 28.9 Å². The molecule has 34 heavy (non-hydrogen) atoms. The lowest BCUT2D eigenvalue weighted by atomic mass is 9.73. The quantitative estimate of drug-likeness (QED) is 0.578. The van der Waals surface area contributed by atoms with Crippen LogP contribution >= 0.6 is 0 Å². The van der Waals surface area contributed by atoms with E-state index >= 15 is 0 Å². The third-order valence-electron chi connectivity index (χ3n) is 7.13. The first kappa shape index (κ1) is 24.7. The molecule has 0 spiro atoms. The van der Waals surface area contributed by atoms with Crippen molar-refractivity contribution in [3.63, 3.8) is 0 Å². The molecule has 186 valence electrons. The number of ether oxygens (including phenoxy) is 3. The van der Waals surface area contributed by atoms with Gasteiger partial charge in [-0.05, 0) is 50.1 Å². The van der Waals surface area contributed by atoms with Crippen LogP contribution in [-0.2, 0) is 14.3 Å². The van der Waals surface area contributed by atoms with E-state index in [-0.39, 0.29) is 35.5 Å². The molecule has 0 amide bonds. The molecule has 1 aromatic rings. The summed E-state index contributed by atoms with van der Waals surface area (Å²) in [5.41, 5.74) is 0.435. The average Bonchev–Trinajstić information content (AvgIpc) is 2.86. The molecule has 4 unspecified atom stereocenters. The maximum Gasteiger partial charge on any atom is 0.338 e. The van der Waals surface area contributed by atoms with Gasteiger partial charge in [0.1, 0.15) is 18.1 Å². The van der Waals surface area contributed by atoms with E-state index < -0.39 is 6.10 Å². The van der Waals surface area contributed by atoms with Crippen molar-refractivity contribution in [2.75, 3.05) is 45.9 Å². The molecule has 2 fully saturated rings. The normalized spacial score (nSPS) is 28.0. The monoisotopic (exact) mass is 472 g/mol. The highest BCUT2D eigenvalue weighted by Gasteiger charge is 2.47. The minimum absolute atomic E-state index is 0.0876. The van der Waals surface area contributed by atoms with Gasteiger partial charge >= 0.3 is 5.97 Å². The molecule has 0 radical (unpaired) electrons. The van der Waals surface area contributed by atoms with Crippen LogP contribution in [0.2, 0.25) is 0 Å². The first-order valence-electron chi connectivity index (χ1n) is 12.5. The second kappa shape index (κ2) is 11.3. The number of benzene rings is 1. The molecule has 1 aliphatic carbocycles. The van der Waals surface area contributed by atoms with Gasteiger partial charge < -0.3 is 29.1 Å². The summed E-state index contributed by atoms with van der Waals surface area (Å²) < 4.78 is 17.0. The second-order valence-electron chi connectivity index (χ2n) is 9.36. The molecular weight excluding hydrogens is 436 g/mol. The number of carbonyl (C=O) groups is 2. The van der Waals surface area contributed by atoms with E-state index in [9.17, 15) is 14.7 Å². The molecule has 0 bridgehead atoms. The largest absolute Gasteiger partial charge is 0.493 e. The van der Waals surface area contributed by atoms with Crippen LogP contribution in [0.4, 0.5) is 0 Å². The number of hydrogen-bond acceptors (Lipinski definition) is 8. The molecule has 4 rings (SSSR count). The lowest BCUT2D eigenvalue weighted by Gasteiger charge is -2.44. The summed E-state index contributed by atoms with van der Waals surface area (Å²) in [6, 6.07) is 6.53. The lowest BCUT2D eigenvalue weighted by Crippen LogP contribution is -2.55. The van der Waals surface area contributed by atoms with Crippen molar-refractivity contribution in [3.8, 4) is 5.75 Å². The van der Waals surface area contributed by atoms with E-state index in [1.807, 2.05) is 6.92 Å². The zero-order valence-corrected chi connectivity index (χ0v) is 20.2. The third kappa shape index (κ3) is 5.62. The van der Waals surface area contributed by atoms with Crippen LogP contribution in [-0.4, -0.2) is 84.7 Å². The standard InChI is InChI=1S/C26H36N2O6/c1-3-15-32-26(31)18-5-7-19(8-6-18)34-23-17-33-25-20(24(23)30)9-10-22(29)21(25)16-28-13-11-27(4-2)12-14-28/h5-8,17,20-22,25,29H,3-4,9-16H2,1-2H3. The van der Waals surface area contributed by atoms with Gasteiger partial charge in [0, 0.05) is 38.6 Å². The SMILES string of the molecule is CCCOC(=O)c1ccc(OC2=COC3C(CCC(O)C3CN3CCN(CC)CC3)C2=O)cc1. The minimum Gasteiger partial charge on any atom is -0.493 e. The Morgan fingerprint density at radius 2 is 1.79 bits per heavy atom. The van der Waals surface area contributed by atoms with Gasteiger partial charge in [0.15, 0.2) is 0 Å². The molecule has 0 aromatic heterocycles. The predicted octanol–water partition coefficient (Wildman–Crippen LogP) is 2.47. The summed E-state index contributed by atoms with van der Waals surface area (Å²) in [7, 11) is 0. The van der Waals surface area contributed by atoms with Gasteiger partial charge in [-0.15, -0.1) is 0 Å². The molecule has 1 saturated heterocycles. The fourth-order valence-corrected chi connectivity index (χ4v) is 5.05. The van der Waals surface area contributed by atoms with Crippen molar-refractivity contribution in [1.29, 1.82) is 0 Å². The maximum absolute atomic E-state index is 13.2. The molecule has 1 N–H and O–H groups in total. The van der Waals surface area contributed by atoms with E-state index in [2.05, 4.69) is 16.7 Å². The number of esters is 1. The molecule has 1 aromatic carbocycles. The summed E-state index contributed by atoms with van der Waals surface area (Å²) in [5, 5.41) is 10.7. The fraction of sp³-hybridized carbons (Fsp3) is 0.615. The number of allylic oxidation sites excluding steroid dienone is 1. The Morgan fingerprint density at radius 1 is 1.09 bits per heavy atom. The summed E-state index contributed by atoms with van der Waals surface area (Å²) in [5.74, 6) is -0.286. The van der Waals surface area contributed by atoms with Crippen molar-refractivity contribution in [1.82, 2.24) is 9.80 Å². The second-order valence-corrected chi connectivity index (χ2v) is 9.36. The van der Waals surface area contributed by atoms with E-state index in [0.29, 0.717) is 30.8 Å². The molecule has 8 nitrogen and oxygen atoms in total. The number of fused-ring (bicyclic) bond motifs is 1. The summed E-state index contributed by atoms with van der Waals surface area (Å²) in [6.45, 7) is 10.3. The Hall–Kier alpha value is -2.42. The number of nitrogens with zero attached hydrogens (tertiary/aromatic N) is 2. The first-order valence-corrected chi connectivity index (χ1v) is 12.5. The number of carbonyl (C=O) groups excluding carboxylic acids is 2. The number of Topliss-reactive ketones (excluding diaryl/α,β-unsaturated/α-hetero) is 1. The van der Waals surface area contributed by atoms with Crippen molar-refractivity contribution in [2.24, 2.45) is 11.8 Å². The van der Waals surface area contributed by atoms with Crippen LogP contribution in [0.15, 0.2) is 36.3 Å². The van der Waals surface area contributed by atoms with Gasteiger partial charge in [-0.1, -0.05) is 13.8 Å². The molecule has 2 heterocycles. The highest BCUT2D eigenvalue weighted by Crippen LogP contribution is 2.38. The van der Waals surface area contributed by atoms with E-state index in [1.54, 1.807) is 24.3 Å². The molecule has 2 aliphatic heterocycles. The van der Waals surface area contributed by atoms with Crippen LogP contribution in [0.25, 0.3) is 0 Å². The fourth-order valence-electron chi connectivity index (χ4n) is 5.05. The van der Waals surface area contributed by atoms with Crippen molar-refractivity contribution >= 4 is 11.8 Å². The number of piperazine rings is 1. The third-order valence-corrected chi connectivity index (χ3v) is 7.13.